The molecule has 1 amide bonds. The molecule has 120 valence electrons. The fourth-order valence-electron chi connectivity index (χ4n) is 3.29. The van der Waals surface area contributed by atoms with E-state index in [-0.39, 0.29) is 5.91 Å². The van der Waals surface area contributed by atoms with Crippen molar-refractivity contribution in [2.24, 2.45) is 13.0 Å². The molecule has 1 aromatic rings. The maximum absolute atomic E-state index is 11.5. The van der Waals surface area contributed by atoms with Crippen molar-refractivity contribution in [2.45, 2.75) is 46.2 Å². The van der Waals surface area contributed by atoms with Gasteiger partial charge in [-0.05, 0) is 30.9 Å². The van der Waals surface area contributed by atoms with Crippen molar-refractivity contribution in [3.05, 3.63) is 23.0 Å². The topological polar surface area (TPSA) is 61.1 Å². The average molecular weight is 302 g/mol. The summed E-state index contributed by atoms with van der Waals surface area (Å²) in [6.45, 7) is 8.35. The number of carbonyl (C=O) groups is 1. The van der Waals surface area contributed by atoms with Gasteiger partial charge in [0.15, 0.2) is 0 Å². The van der Waals surface area contributed by atoms with Gasteiger partial charge >= 0.3 is 0 Å². The molecular weight excluding hydrogens is 276 g/mol. The monoisotopic (exact) mass is 302 g/mol. The first-order valence-electron chi connectivity index (χ1n) is 8.02. The van der Waals surface area contributed by atoms with Crippen LogP contribution < -0.4 is 5.32 Å². The minimum absolute atomic E-state index is 0.175. The van der Waals surface area contributed by atoms with Crippen LogP contribution in [0.2, 0.25) is 0 Å². The van der Waals surface area contributed by atoms with Crippen LogP contribution in [0.5, 0.6) is 0 Å². The molecular formula is C17H26N4O. The third kappa shape index (κ3) is 3.33. The lowest BCUT2D eigenvalue weighted by Crippen LogP contribution is -2.50. The predicted octanol–water partition coefficient (Wildman–Crippen LogP) is 1.94. The van der Waals surface area contributed by atoms with E-state index in [1.807, 2.05) is 29.5 Å². The number of nitrogens with one attached hydrogen (secondary N) is 1. The largest absolute Gasteiger partial charge is 0.343 e. The maximum atomic E-state index is 11.5. The SMILES string of the molecule is CCC1CN(C(C)=O)CCC1NCc1cc(C#N)n(C)c1C. The normalized spacial score (nSPS) is 21.7. The molecule has 5 heteroatoms. The van der Waals surface area contributed by atoms with Crippen molar-refractivity contribution in [1.29, 1.82) is 5.26 Å². The summed E-state index contributed by atoms with van der Waals surface area (Å²) >= 11 is 0. The summed E-state index contributed by atoms with van der Waals surface area (Å²) in [4.78, 5) is 13.5. The summed E-state index contributed by atoms with van der Waals surface area (Å²) < 4.78 is 1.94. The Morgan fingerprint density at radius 3 is 2.82 bits per heavy atom. The number of nitrogens with zero attached hydrogens (tertiary/aromatic N) is 3. The number of aromatic nitrogens is 1. The molecule has 1 aromatic heterocycles. The molecule has 0 radical (unpaired) electrons. The summed E-state index contributed by atoms with van der Waals surface area (Å²) in [5.41, 5.74) is 3.02. The van der Waals surface area contributed by atoms with Crippen LogP contribution in [0.15, 0.2) is 6.07 Å². The van der Waals surface area contributed by atoms with Crippen LogP contribution in [0.25, 0.3) is 0 Å². The second kappa shape index (κ2) is 6.97. The van der Waals surface area contributed by atoms with Crippen molar-refractivity contribution in [1.82, 2.24) is 14.8 Å². The number of rotatable bonds is 4. The third-order valence-electron chi connectivity index (χ3n) is 5.01. The van der Waals surface area contributed by atoms with E-state index in [1.54, 1.807) is 6.92 Å². The van der Waals surface area contributed by atoms with E-state index in [4.69, 9.17) is 5.26 Å². The lowest BCUT2D eigenvalue weighted by Gasteiger charge is -2.38. The number of amides is 1. The first kappa shape index (κ1) is 16.6. The van der Waals surface area contributed by atoms with Crippen molar-refractivity contribution in [3.63, 3.8) is 0 Å². The lowest BCUT2D eigenvalue weighted by molar-refractivity contribution is -0.131. The Labute approximate surface area is 132 Å². The molecule has 1 aliphatic rings. The van der Waals surface area contributed by atoms with Crippen LogP contribution in [0.3, 0.4) is 0 Å². The molecule has 1 saturated heterocycles. The van der Waals surface area contributed by atoms with Gasteiger partial charge in [-0.25, -0.2) is 0 Å². The van der Waals surface area contributed by atoms with E-state index in [2.05, 4.69) is 18.3 Å². The zero-order valence-corrected chi connectivity index (χ0v) is 14.0. The van der Waals surface area contributed by atoms with E-state index in [0.717, 1.165) is 38.2 Å². The molecule has 0 aliphatic carbocycles. The number of piperidine rings is 1. The Bertz CT molecular complexity index is 584. The zero-order valence-electron chi connectivity index (χ0n) is 14.0. The Balaban J connectivity index is 1.99. The molecule has 0 spiro atoms. The minimum atomic E-state index is 0.175. The number of likely N-dealkylation sites (tertiary alicyclic amines) is 1. The Morgan fingerprint density at radius 1 is 1.55 bits per heavy atom. The summed E-state index contributed by atoms with van der Waals surface area (Å²) in [5.74, 6) is 0.673. The Kier molecular flexibility index (Phi) is 5.25. The number of nitriles is 1. The van der Waals surface area contributed by atoms with Crippen LogP contribution in [0, 0.1) is 24.2 Å². The summed E-state index contributed by atoms with van der Waals surface area (Å²) in [5, 5.41) is 12.7. The first-order chi connectivity index (χ1) is 10.5. The van der Waals surface area contributed by atoms with Gasteiger partial charge in [-0.2, -0.15) is 5.26 Å². The van der Waals surface area contributed by atoms with Gasteiger partial charge in [0, 0.05) is 45.3 Å². The van der Waals surface area contributed by atoms with Gasteiger partial charge in [0.05, 0.1) is 0 Å². The molecule has 0 saturated carbocycles. The quantitative estimate of drug-likeness (QED) is 0.924. The van der Waals surface area contributed by atoms with Gasteiger partial charge in [-0.15, -0.1) is 0 Å². The fourth-order valence-corrected chi connectivity index (χ4v) is 3.29. The number of carbonyl (C=O) groups excluding carboxylic acids is 1. The van der Waals surface area contributed by atoms with Crippen LogP contribution in [-0.2, 0) is 18.4 Å². The van der Waals surface area contributed by atoms with Gasteiger partial charge in [-0.3, -0.25) is 4.79 Å². The molecule has 2 rings (SSSR count). The van der Waals surface area contributed by atoms with Crippen LogP contribution in [0.1, 0.15) is 43.6 Å². The van der Waals surface area contributed by atoms with Crippen LogP contribution in [-0.4, -0.2) is 34.5 Å². The van der Waals surface area contributed by atoms with E-state index in [9.17, 15) is 4.79 Å². The van der Waals surface area contributed by atoms with Gasteiger partial charge in [0.2, 0.25) is 5.91 Å². The standard InChI is InChI=1S/C17H26N4O/c1-5-14-11-21(13(3)22)7-6-17(14)19-10-15-8-16(9-18)20(4)12(15)2/h8,14,17,19H,5-7,10-11H2,1-4H3. The van der Waals surface area contributed by atoms with Crippen molar-refractivity contribution in [2.75, 3.05) is 13.1 Å². The highest BCUT2D eigenvalue weighted by Gasteiger charge is 2.28. The van der Waals surface area contributed by atoms with E-state index >= 15 is 0 Å². The van der Waals surface area contributed by atoms with E-state index in [0.29, 0.717) is 17.7 Å². The summed E-state index contributed by atoms with van der Waals surface area (Å²) in [6.07, 6.45) is 2.06. The molecule has 22 heavy (non-hydrogen) atoms. The maximum Gasteiger partial charge on any atom is 0.219 e. The molecule has 0 bridgehead atoms. The number of hydrogen-bond donors (Lipinski definition) is 1. The molecule has 2 heterocycles. The highest BCUT2D eigenvalue weighted by atomic mass is 16.2. The van der Waals surface area contributed by atoms with Crippen LogP contribution >= 0.6 is 0 Å². The Hall–Kier alpha value is -1.80. The van der Waals surface area contributed by atoms with Gasteiger partial charge in [-0.1, -0.05) is 13.3 Å². The van der Waals surface area contributed by atoms with Gasteiger partial charge in [0.25, 0.3) is 0 Å². The minimum Gasteiger partial charge on any atom is -0.343 e. The van der Waals surface area contributed by atoms with Crippen molar-refractivity contribution >= 4 is 5.91 Å². The molecule has 1 N–H and O–H groups in total. The zero-order chi connectivity index (χ0) is 16.3. The first-order valence-corrected chi connectivity index (χ1v) is 8.02. The second-order valence-corrected chi connectivity index (χ2v) is 6.22. The molecule has 1 fully saturated rings. The smallest absolute Gasteiger partial charge is 0.219 e. The third-order valence-corrected chi connectivity index (χ3v) is 5.01. The summed E-state index contributed by atoms with van der Waals surface area (Å²) in [6, 6.07) is 4.63. The Morgan fingerprint density at radius 2 is 2.27 bits per heavy atom. The molecule has 0 aromatic carbocycles. The highest BCUT2D eigenvalue weighted by molar-refractivity contribution is 5.73. The number of hydrogen-bond acceptors (Lipinski definition) is 3. The van der Waals surface area contributed by atoms with Crippen LogP contribution in [0.4, 0.5) is 0 Å². The molecule has 5 nitrogen and oxygen atoms in total. The highest BCUT2D eigenvalue weighted by Crippen LogP contribution is 2.21. The second-order valence-electron chi connectivity index (χ2n) is 6.22. The summed E-state index contributed by atoms with van der Waals surface area (Å²) in [7, 11) is 1.93. The molecule has 2 unspecified atom stereocenters. The van der Waals surface area contributed by atoms with Crippen molar-refractivity contribution in [3.8, 4) is 6.07 Å². The molecule has 2 atom stereocenters. The fraction of sp³-hybridized carbons (Fsp3) is 0.647. The van der Waals surface area contributed by atoms with Crippen molar-refractivity contribution < 1.29 is 4.79 Å². The van der Waals surface area contributed by atoms with E-state index < -0.39 is 0 Å². The average Bonchev–Trinajstić information content (AvgIpc) is 2.80. The predicted molar refractivity (Wildman–Crippen MR) is 86.1 cm³/mol. The van der Waals surface area contributed by atoms with Gasteiger partial charge in [0.1, 0.15) is 11.8 Å². The van der Waals surface area contributed by atoms with Gasteiger partial charge < -0.3 is 14.8 Å². The van der Waals surface area contributed by atoms with E-state index in [1.165, 1.54) is 5.56 Å². The molecule has 1 aliphatic heterocycles. The lowest BCUT2D eigenvalue weighted by atomic mass is 9.89.